The van der Waals surface area contributed by atoms with Crippen LogP contribution in [0.25, 0.3) is 0 Å². The van der Waals surface area contributed by atoms with Crippen molar-refractivity contribution in [2.75, 3.05) is 33.0 Å². The number of carboxylic acid groups (broad SMARTS) is 1. The van der Waals surface area contributed by atoms with Crippen LogP contribution in [0.1, 0.15) is 33.6 Å². The number of rotatable bonds is 12. The van der Waals surface area contributed by atoms with Gasteiger partial charge >= 0.3 is 5.97 Å². The molecule has 0 fully saturated rings. The number of nitrogens with one attached hydrogen (secondary N) is 1. The van der Waals surface area contributed by atoms with Crippen molar-refractivity contribution >= 4 is 5.97 Å². The number of hydrogen-bond donors (Lipinski definition) is 2. The average Bonchev–Trinajstić information content (AvgIpc) is 2.30. The Hall–Kier alpha value is -0.650. The first-order valence-electron chi connectivity index (χ1n) is 6.69. The zero-order valence-corrected chi connectivity index (χ0v) is 11.8. The van der Waals surface area contributed by atoms with Gasteiger partial charge in [0, 0.05) is 13.2 Å². The Morgan fingerprint density at radius 2 is 1.89 bits per heavy atom. The van der Waals surface area contributed by atoms with Gasteiger partial charge in [-0.25, -0.2) is 0 Å². The molecule has 0 aromatic heterocycles. The summed E-state index contributed by atoms with van der Waals surface area (Å²) in [5, 5.41) is 11.9. The fraction of sp³-hybridized carbons (Fsp3) is 0.923. The number of aliphatic carboxylic acids is 1. The van der Waals surface area contributed by atoms with Crippen LogP contribution in [0.2, 0.25) is 0 Å². The second-order valence-corrected chi connectivity index (χ2v) is 4.71. The lowest BCUT2D eigenvalue weighted by molar-refractivity contribution is -0.140. The van der Waals surface area contributed by atoms with Gasteiger partial charge in [-0.3, -0.25) is 4.79 Å². The lowest BCUT2D eigenvalue weighted by Crippen LogP contribution is -2.38. The van der Waals surface area contributed by atoms with Crippen LogP contribution >= 0.6 is 0 Å². The van der Waals surface area contributed by atoms with Gasteiger partial charge in [0.1, 0.15) is 6.04 Å². The van der Waals surface area contributed by atoms with E-state index in [1.807, 2.05) is 6.92 Å². The van der Waals surface area contributed by atoms with Crippen molar-refractivity contribution in [1.29, 1.82) is 0 Å². The maximum absolute atomic E-state index is 10.9. The number of ether oxygens (including phenoxy) is 2. The molecule has 0 aromatic carbocycles. The highest BCUT2D eigenvalue weighted by Crippen LogP contribution is 1.95. The smallest absolute Gasteiger partial charge is 0.320 e. The highest BCUT2D eigenvalue weighted by atomic mass is 16.5. The average molecular weight is 261 g/mol. The van der Waals surface area contributed by atoms with Crippen LogP contribution < -0.4 is 5.32 Å². The summed E-state index contributed by atoms with van der Waals surface area (Å²) in [6, 6.07) is -0.512. The summed E-state index contributed by atoms with van der Waals surface area (Å²) in [5.74, 6) is -0.289. The van der Waals surface area contributed by atoms with E-state index in [-0.39, 0.29) is 0 Å². The van der Waals surface area contributed by atoms with E-state index in [4.69, 9.17) is 14.6 Å². The molecule has 0 bridgehead atoms. The molecule has 0 amide bonds. The fourth-order valence-corrected chi connectivity index (χ4v) is 1.37. The zero-order chi connectivity index (χ0) is 13.8. The zero-order valence-electron chi connectivity index (χ0n) is 11.8. The van der Waals surface area contributed by atoms with Gasteiger partial charge in [0.15, 0.2) is 0 Å². The lowest BCUT2D eigenvalue weighted by atomic mass is 10.2. The Labute approximate surface area is 110 Å². The minimum atomic E-state index is -0.817. The van der Waals surface area contributed by atoms with Gasteiger partial charge < -0.3 is 19.9 Å². The quantitative estimate of drug-likeness (QED) is 0.521. The Morgan fingerprint density at radius 1 is 1.22 bits per heavy atom. The molecule has 1 unspecified atom stereocenters. The summed E-state index contributed by atoms with van der Waals surface area (Å²) < 4.78 is 10.7. The maximum Gasteiger partial charge on any atom is 0.320 e. The molecule has 0 rings (SSSR count). The van der Waals surface area contributed by atoms with E-state index in [1.54, 1.807) is 0 Å². The number of carboxylic acids is 1. The second-order valence-electron chi connectivity index (χ2n) is 4.71. The van der Waals surface area contributed by atoms with Gasteiger partial charge in [0.05, 0.1) is 13.2 Å². The van der Waals surface area contributed by atoms with Crippen LogP contribution in [0.4, 0.5) is 0 Å². The van der Waals surface area contributed by atoms with Crippen LogP contribution in [-0.2, 0) is 14.3 Å². The topological polar surface area (TPSA) is 67.8 Å². The lowest BCUT2D eigenvalue weighted by Gasteiger charge is -2.14. The van der Waals surface area contributed by atoms with Crippen LogP contribution in [0.15, 0.2) is 0 Å². The van der Waals surface area contributed by atoms with Crippen molar-refractivity contribution < 1.29 is 19.4 Å². The molecule has 1 atom stereocenters. The summed E-state index contributed by atoms with van der Waals surface area (Å²) in [5.41, 5.74) is 0. The molecule has 0 aliphatic heterocycles. The molecule has 0 aliphatic carbocycles. The highest BCUT2D eigenvalue weighted by molar-refractivity contribution is 5.73. The van der Waals surface area contributed by atoms with Gasteiger partial charge in [0.25, 0.3) is 0 Å². The molecule has 0 saturated heterocycles. The number of hydrogen-bond acceptors (Lipinski definition) is 4. The van der Waals surface area contributed by atoms with E-state index in [0.717, 1.165) is 13.0 Å². The summed E-state index contributed by atoms with van der Waals surface area (Å²) in [7, 11) is 0. The predicted molar refractivity (Wildman–Crippen MR) is 70.8 cm³/mol. The van der Waals surface area contributed by atoms with E-state index in [0.29, 0.717) is 38.7 Å². The third-order valence-electron chi connectivity index (χ3n) is 2.31. The molecule has 2 N–H and O–H groups in total. The third-order valence-corrected chi connectivity index (χ3v) is 2.31. The van der Waals surface area contributed by atoms with Gasteiger partial charge in [-0.2, -0.15) is 0 Å². The summed E-state index contributed by atoms with van der Waals surface area (Å²) >= 11 is 0. The monoisotopic (exact) mass is 261 g/mol. The Kier molecular flexibility index (Phi) is 11.0. The number of carbonyl (C=O) groups is 1. The molecular weight excluding hydrogens is 234 g/mol. The van der Waals surface area contributed by atoms with Crippen LogP contribution in [-0.4, -0.2) is 50.1 Å². The molecule has 0 saturated carbocycles. The van der Waals surface area contributed by atoms with Crippen molar-refractivity contribution in [1.82, 2.24) is 5.32 Å². The minimum absolute atomic E-state index is 0.443. The molecule has 0 radical (unpaired) electrons. The molecule has 0 aliphatic rings. The van der Waals surface area contributed by atoms with Crippen molar-refractivity contribution in [2.45, 2.75) is 39.7 Å². The normalized spacial score (nSPS) is 12.9. The van der Waals surface area contributed by atoms with Crippen LogP contribution in [0.5, 0.6) is 0 Å². The van der Waals surface area contributed by atoms with Crippen LogP contribution in [0, 0.1) is 5.92 Å². The highest BCUT2D eigenvalue weighted by Gasteiger charge is 2.15. The van der Waals surface area contributed by atoms with Crippen LogP contribution in [0.3, 0.4) is 0 Å². The first kappa shape index (κ1) is 17.4. The molecule has 5 heteroatoms. The first-order chi connectivity index (χ1) is 8.57. The van der Waals surface area contributed by atoms with E-state index in [1.165, 1.54) is 0 Å². The van der Waals surface area contributed by atoms with Crippen molar-refractivity contribution in [3.05, 3.63) is 0 Å². The van der Waals surface area contributed by atoms with Gasteiger partial charge in [-0.05, 0) is 25.3 Å². The van der Waals surface area contributed by atoms with Crippen molar-refractivity contribution in [2.24, 2.45) is 5.92 Å². The molecule has 0 aromatic rings. The van der Waals surface area contributed by atoms with Crippen molar-refractivity contribution in [3.63, 3.8) is 0 Å². The van der Waals surface area contributed by atoms with E-state index < -0.39 is 12.0 Å². The molecule has 108 valence electrons. The Morgan fingerprint density at radius 3 is 2.44 bits per heavy atom. The molecule has 0 spiro atoms. The molecule has 0 heterocycles. The van der Waals surface area contributed by atoms with Crippen molar-refractivity contribution in [3.8, 4) is 0 Å². The molecular formula is C13H27NO4. The summed E-state index contributed by atoms with van der Waals surface area (Å²) in [4.78, 5) is 10.9. The molecule has 18 heavy (non-hydrogen) atoms. The largest absolute Gasteiger partial charge is 0.480 e. The van der Waals surface area contributed by atoms with E-state index in [2.05, 4.69) is 19.2 Å². The summed E-state index contributed by atoms with van der Waals surface area (Å²) in [6.07, 6.45) is 1.41. The predicted octanol–water partition coefficient (Wildman–Crippen LogP) is 1.52. The van der Waals surface area contributed by atoms with E-state index >= 15 is 0 Å². The fourth-order valence-electron chi connectivity index (χ4n) is 1.37. The van der Waals surface area contributed by atoms with Gasteiger partial charge in [-0.1, -0.05) is 20.8 Å². The Balaban J connectivity index is 3.46. The summed E-state index contributed by atoms with van der Waals surface area (Å²) in [6.45, 7) is 9.18. The standard InChI is InChI=1S/C13H27NO4/c1-4-6-14-12(13(15)16)5-7-17-8-9-18-10-11(2)3/h11-12,14H,4-10H2,1-3H3,(H,15,16). The Bertz CT molecular complexity index is 209. The SMILES string of the molecule is CCCNC(CCOCCOCC(C)C)C(=O)O. The maximum atomic E-state index is 10.9. The minimum Gasteiger partial charge on any atom is -0.480 e. The van der Waals surface area contributed by atoms with Gasteiger partial charge in [0.2, 0.25) is 0 Å². The first-order valence-corrected chi connectivity index (χ1v) is 6.69. The van der Waals surface area contributed by atoms with Gasteiger partial charge in [-0.15, -0.1) is 0 Å². The van der Waals surface area contributed by atoms with E-state index in [9.17, 15) is 4.79 Å². The molecule has 5 nitrogen and oxygen atoms in total. The third kappa shape index (κ3) is 10.5. The second kappa shape index (κ2) is 11.4.